The highest BCUT2D eigenvalue weighted by atomic mass is 16.5. The summed E-state index contributed by atoms with van der Waals surface area (Å²) in [5.41, 5.74) is 3.22. The van der Waals surface area contributed by atoms with Crippen molar-refractivity contribution in [2.75, 3.05) is 7.11 Å². The Hall–Kier alpha value is -1.02. The van der Waals surface area contributed by atoms with Crippen LogP contribution >= 0.6 is 0 Å². The highest BCUT2D eigenvalue weighted by Gasteiger charge is 2.36. The van der Waals surface area contributed by atoms with Gasteiger partial charge < -0.3 is 10.1 Å². The van der Waals surface area contributed by atoms with Crippen LogP contribution in [0, 0.1) is 0 Å². The van der Waals surface area contributed by atoms with Crippen LogP contribution in [-0.4, -0.2) is 12.6 Å². The first kappa shape index (κ1) is 11.1. The molecule has 17 heavy (non-hydrogen) atoms. The quantitative estimate of drug-likeness (QED) is 0.802. The van der Waals surface area contributed by atoms with Crippen molar-refractivity contribution in [2.24, 2.45) is 0 Å². The molecule has 0 amide bonds. The van der Waals surface area contributed by atoms with Crippen LogP contribution in [0.4, 0.5) is 0 Å². The topological polar surface area (TPSA) is 21.3 Å². The fourth-order valence-electron chi connectivity index (χ4n) is 3.43. The van der Waals surface area contributed by atoms with Gasteiger partial charge in [-0.1, -0.05) is 31.4 Å². The van der Waals surface area contributed by atoms with Gasteiger partial charge in [0.2, 0.25) is 0 Å². The van der Waals surface area contributed by atoms with E-state index in [2.05, 4.69) is 23.5 Å². The molecule has 2 nitrogen and oxygen atoms in total. The third-order valence-electron chi connectivity index (χ3n) is 4.43. The Morgan fingerprint density at radius 3 is 2.76 bits per heavy atom. The molecule has 3 rings (SSSR count). The van der Waals surface area contributed by atoms with Crippen LogP contribution in [0.5, 0.6) is 5.75 Å². The summed E-state index contributed by atoms with van der Waals surface area (Å²) < 4.78 is 5.52. The van der Waals surface area contributed by atoms with Crippen molar-refractivity contribution in [1.82, 2.24) is 5.32 Å². The van der Waals surface area contributed by atoms with E-state index in [1.54, 1.807) is 7.11 Å². The smallest absolute Gasteiger partial charge is 0.122 e. The van der Waals surface area contributed by atoms with Gasteiger partial charge in [0, 0.05) is 17.6 Å². The van der Waals surface area contributed by atoms with Crippen molar-refractivity contribution in [2.45, 2.75) is 50.6 Å². The molecule has 2 heteroatoms. The van der Waals surface area contributed by atoms with Crippen LogP contribution in [0.1, 0.15) is 43.2 Å². The van der Waals surface area contributed by atoms with E-state index in [1.165, 1.54) is 43.2 Å². The van der Waals surface area contributed by atoms with Crippen molar-refractivity contribution in [3.8, 4) is 5.75 Å². The Morgan fingerprint density at radius 1 is 1.18 bits per heavy atom. The van der Waals surface area contributed by atoms with Gasteiger partial charge in [-0.3, -0.25) is 0 Å². The van der Waals surface area contributed by atoms with Crippen molar-refractivity contribution in [3.05, 3.63) is 29.3 Å². The maximum absolute atomic E-state index is 5.52. The molecular formula is C15H21NO. The highest BCUT2D eigenvalue weighted by molar-refractivity contribution is 5.43. The molecule has 0 unspecified atom stereocenters. The Labute approximate surface area is 103 Å². The molecular weight excluding hydrogens is 210 g/mol. The maximum Gasteiger partial charge on any atom is 0.122 e. The normalized spacial score (nSPS) is 22.2. The van der Waals surface area contributed by atoms with E-state index in [0.717, 1.165) is 18.7 Å². The van der Waals surface area contributed by atoms with E-state index in [4.69, 9.17) is 4.74 Å². The average molecular weight is 231 g/mol. The number of nitrogens with one attached hydrogen (secondary N) is 1. The molecule has 1 aromatic rings. The lowest BCUT2D eigenvalue weighted by atomic mass is 9.74. The fraction of sp³-hybridized carbons (Fsp3) is 0.600. The minimum atomic E-state index is 0.361. The Bertz CT molecular complexity index is 393. The lowest BCUT2D eigenvalue weighted by Gasteiger charge is -2.42. The summed E-state index contributed by atoms with van der Waals surface area (Å²) >= 11 is 0. The van der Waals surface area contributed by atoms with Gasteiger partial charge in [-0.15, -0.1) is 0 Å². The maximum atomic E-state index is 5.52. The van der Waals surface area contributed by atoms with Crippen molar-refractivity contribution >= 4 is 0 Å². The second-order valence-corrected chi connectivity index (χ2v) is 5.47. The molecule has 1 aromatic carbocycles. The molecule has 0 atom stereocenters. The summed E-state index contributed by atoms with van der Waals surface area (Å²) in [4.78, 5) is 0. The summed E-state index contributed by atoms with van der Waals surface area (Å²) in [6.45, 7) is 1.01. The third kappa shape index (κ3) is 1.95. The van der Waals surface area contributed by atoms with E-state index in [9.17, 15) is 0 Å². The Kier molecular flexibility index (Phi) is 2.83. The van der Waals surface area contributed by atoms with E-state index >= 15 is 0 Å². The lowest BCUT2D eigenvalue weighted by molar-refractivity contribution is 0.213. The molecule has 0 saturated heterocycles. The number of ether oxygens (including phenoxy) is 1. The van der Waals surface area contributed by atoms with Crippen molar-refractivity contribution < 1.29 is 4.74 Å². The minimum absolute atomic E-state index is 0.361. The van der Waals surface area contributed by atoms with Crippen LogP contribution in [0.3, 0.4) is 0 Å². The van der Waals surface area contributed by atoms with Crippen molar-refractivity contribution in [3.63, 3.8) is 0 Å². The predicted octanol–water partition coefficient (Wildman–Crippen LogP) is 3.04. The Balaban J connectivity index is 1.93. The van der Waals surface area contributed by atoms with E-state index < -0.39 is 0 Å². The second kappa shape index (κ2) is 4.34. The molecule has 1 fully saturated rings. The fourth-order valence-corrected chi connectivity index (χ4v) is 3.43. The van der Waals surface area contributed by atoms with Crippen molar-refractivity contribution in [1.29, 1.82) is 0 Å². The molecule has 0 bridgehead atoms. The molecule has 0 radical (unpaired) electrons. The minimum Gasteiger partial charge on any atom is -0.496 e. The van der Waals surface area contributed by atoms with Gasteiger partial charge in [-0.05, 0) is 30.9 Å². The molecule has 1 spiro atoms. The van der Waals surface area contributed by atoms with Gasteiger partial charge in [0.15, 0.2) is 0 Å². The summed E-state index contributed by atoms with van der Waals surface area (Å²) in [5, 5.41) is 3.79. The summed E-state index contributed by atoms with van der Waals surface area (Å²) in [7, 11) is 1.78. The molecule has 1 N–H and O–H groups in total. The second-order valence-electron chi connectivity index (χ2n) is 5.47. The van der Waals surface area contributed by atoms with E-state index in [0.29, 0.717) is 5.54 Å². The van der Waals surface area contributed by atoms with Gasteiger partial charge in [-0.2, -0.15) is 0 Å². The first-order valence-corrected chi connectivity index (χ1v) is 6.73. The van der Waals surface area contributed by atoms with E-state index in [1.807, 2.05) is 0 Å². The Morgan fingerprint density at radius 2 is 2.00 bits per heavy atom. The molecule has 0 aromatic heterocycles. The molecule has 1 aliphatic carbocycles. The number of benzene rings is 1. The summed E-state index contributed by atoms with van der Waals surface area (Å²) in [6, 6.07) is 6.42. The molecule has 1 heterocycles. The van der Waals surface area contributed by atoms with Crippen LogP contribution in [-0.2, 0) is 13.0 Å². The van der Waals surface area contributed by atoms with Crippen LogP contribution in [0.2, 0.25) is 0 Å². The zero-order valence-corrected chi connectivity index (χ0v) is 10.6. The first-order chi connectivity index (χ1) is 8.33. The number of methoxy groups -OCH3 is 1. The molecule has 2 aliphatic rings. The first-order valence-electron chi connectivity index (χ1n) is 6.73. The largest absolute Gasteiger partial charge is 0.496 e. The summed E-state index contributed by atoms with van der Waals surface area (Å²) in [5.74, 6) is 1.08. The number of hydrogen-bond acceptors (Lipinski definition) is 2. The van der Waals surface area contributed by atoms with Crippen LogP contribution in [0.25, 0.3) is 0 Å². The number of hydrogen-bond donors (Lipinski definition) is 1. The monoisotopic (exact) mass is 231 g/mol. The van der Waals surface area contributed by atoms with E-state index in [-0.39, 0.29) is 0 Å². The van der Waals surface area contributed by atoms with Crippen LogP contribution < -0.4 is 10.1 Å². The zero-order valence-electron chi connectivity index (χ0n) is 10.6. The highest BCUT2D eigenvalue weighted by Crippen LogP contribution is 2.38. The van der Waals surface area contributed by atoms with Gasteiger partial charge in [0.05, 0.1) is 7.11 Å². The number of rotatable bonds is 1. The van der Waals surface area contributed by atoms with Gasteiger partial charge in [0.1, 0.15) is 5.75 Å². The van der Waals surface area contributed by atoms with Gasteiger partial charge in [-0.25, -0.2) is 0 Å². The number of fused-ring (bicyclic) bond motifs is 1. The summed E-state index contributed by atoms with van der Waals surface area (Å²) in [6.07, 6.45) is 7.94. The SMILES string of the molecule is COc1cccc2c1CC1(CCCCC1)NC2. The average Bonchev–Trinajstić information content (AvgIpc) is 2.39. The van der Waals surface area contributed by atoms with Gasteiger partial charge in [0.25, 0.3) is 0 Å². The standard InChI is InChI=1S/C15H21NO/c1-17-14-7-5-6-12-11-16-15(10-13(12)14)8-3-2-4-9-15/h5-7,16H,2-4,8-11H2,1H3. The molecule has 1 aliphatic heterocycles. The van der Waals surface area contributed by atoms with Gasteiger partial charge >= 0.3 is 0 Å². The third-order valence-corrected chi connectivity index (χ3v) is 4.43. The van der Waals surface area contributed by atoms with Crippen LogP contribution in [0.15, 0.2) is 18.2 Å². The zero-order chi connectivity index (χ0) is 11.7. The lowest BCUT2D eigenvalue weighted by Crippen LogP contribution is -2.51. The molecule has 92 valence electrons. The predicted molar refractivity (Wildman–Crippen MR) is 69.4 cm³/mol. The molecule has 1 saturated carbocycles.